The Morgan fingerprint density at radius 3 is 2.42 bits per heavy atom. The number of aliphatic carboxylic acids is 1. The Labute approximate surface area is 210 Å². The van der Waals surface area contributed by atoms with Crippen LogP contribution in [0.25, 0.3) is 23.3 Å². The fourth-order valence-electron chi connectivity index (χ4n) is 3.28. The minimum atomic E-state index is -1.03. The van der Waals surface area contributed by atoms with E-state index in [-0.39, 0.29) is 18.9 Å². The Kier molecular flexibility index (Phi) is 10.4. The average Bonchev–Trinajstić information content (AvgIpc) is 2.81. The van der Waals surface area contributed by atoms with Crippen molar-refractivity contribution in [3.05, 3.63) is 83.4 Å². The molecule has 0 spiro atoms. The molecule has 0 saturated heterocycles. The van der Waals surface area contributed by atoms with Crippen LogP contribution in [-0.4, -0.2) is 63.9 Å². The normalized spacial score (nSPS) is 11.6. The van der Waals surface area contributed by atoms with E-state index in [1.165, 1.54) is 6.33 Å². The van der Waals surface area contributed by atoms with Gasteiger partial charge in [-0.05, 0) is 59.7 Å². The number of amides is 1. The molecule has 1 amide bonds. The van der Waals surface area contributed by atoms with Gasteiger partial charge in [-0.3, -0.25) is 4.79 Å². The monoisotopic (exact) mass is 455 g/mol. The number of nitrogens with one attached hydrogen (secondary N) is 1. The quantitative estimate of drug-likeness (QED) is 0.476. The van der Waals surface area contributed by atoms with Crippen molar-refractivity contribution in [1.29, 1.82) is 0 Å². The van der Waals surface area contributed by atoms with Crippen LogP contribution in [0.5, 0.6) is 0 Å². The Balaban J connectivity index is 0.00000385. The first kappa shape index (κ1) is 26.4. The number of hydrogen-bond donors (Lipinski definition) is 2. The van der Waals surface area contributed by atoms with E-state index in [9.17, 15) is 14.7 Å². The van der Waals surface area contributed by atoms with E-state index in [0.29, 0.717) is 17.7 Å². The number of aromatic nitrogens is 2. The maximum atomic E-state index is 13.1. The van der Waals surface area contributed by atoms with Crippen molar-refractivity contribution in [1.82, 2.24) is 15.3 Å². The van der Waals surface area contributed by atoms with Gasteiger partial charge in [-0.15, -0.1) is 0 Å². The van der Waals surface area contributed by atoms with Gasteiger partial charge in [-0.2, -0.15) is 11.8 Å². The summed E-state index contributed by atoms with van der Waals surface area (Å²) in [5.41, 5.74) is 4.91. The second kappa shape index (κ2) is 13.0. The Bertz CT molecular complexity index is 1120. The van der Waals surface area contributed by atoms with E-state index in [0.717, 1.165) is 27.8 Å². The van der Waals surface area contributed by atoms with Gasteiger partial charge in [0.25, 0.3) is 5.91 Å². The molecular formula is C25H26LiN3O3S. The Hall–Kier alpha value is -2.85. The zero-order chi connectivity index (χ0) is 22.9. The summed E-state index contributed by atoms with van der Waals surface area (Å²) in [4.78, 5) is 32.7. The number of benzene rings is 2. The third kappa shape index (κ3) is 7.33. The Morgan fingerprint density at radius 2 is 1.76 bits per heavy atom. The van der Waals surface area contributed by atoms with Gasteiger partial charge in [0, 0.05) is 23.5 Å². The SMILES string of the molecule is CSCC[C@H](NC(=O)c1ccc(C=Cc2cncnc2)cc1-c1ccccc1C)C(=O)O.[LiH]. The number of rotatable bonds is 9. The molecule has 1 aromatic heterocycles. The molecule has 3 aromatic rings. The fraction of sp³-hybridized carbons (Fsp3) is 0.200. The summed E-state index contributed by atoms with van der Waals surface area (Å²) >= 11 is 1.55. The molecule has 166 valence electrons. The van der Waals surface area contributed by atoms with E-state index >= 15 is 0 Å². The molecule has 0 bridgehead atoms. The summed E-state index contributed by atoms with van der Waals surface area (Å²) in [5, 5.41) is 12.2. The summed E-state index contributed by atoms with van der Waals surface area (Å²) in [5.74, 6) is -0.785. The molecule has 0 radical (unpaired) electrons. The van der Waals surface area contributed by atoms with Crippen molar-refractivity contribution in [3.63, 3.8) is 0 Å². The van der Waals surface area contributed by atoms with Gasteiger partial charge in [0.15, 0.2) is 0 Å². The molecular weight excluding hydrogens is 429 g/mol. The summed E-state index contributed by atoms with van der Waals surface area (Å²) in [6.07, 6.45) is 11.0. The van der Waals surface area contributed by atoms with Gasteiger partial charge in [0.2, 0.25) is 0 Å². The molecule has 3 rings (SSSR count). The molecule has 0 aliphatic carbocycles. The zero-order valence-corrected chi connectivity index (χ0v) is 18.8. The van der Waals surface area contributed by atoms with Crippen LogP contribution in [0.3, 0.4) is 0 Å². The summed E-state index contributed by atoms with van der Waals surface area (Å²) in [6.45, 7) is 1.99. The number of carbonyl (C=O) groups excluding carboxylic acids is 1. The molecule has 0 fully saturated rings. The third-order valence-electron chi connectivity index (χ3n) is 4.99. The van der Waals surface area contributed by atoms with Gasteiger partial charge in [-0.1, -0.05) is 42.5 Å². The van der Waals surface area contributed by atoms with Gasteiger partial charge in [0.1, 0.15) is 12.4 Å². The van der Waals surface area contributed by atoms with E-state index in [1.54, 1.807) is 30.2 Å². The second-order valence-corrected chi connectivity index (χ2v) is 8.26. The van der Waals surface area contributed by atoms with Crippen molar-refractivity contribution in [2.75, 3.05) is 12.0 Å². The summed E-state index contributed by atoms with van der Waals surface area (Å²) in [6, 6.07) is 12.4. The van der Waals surface area contributed by atoms with E-state index in [4.69, 9.17) is 0 Å². The third-order valence-corrected chi connectivity index (χ3v) is 5.63. The van der Waals surface area contributed by atoms with Crippen LogP contribution in [0.15, 0.2) is 61.2 Å². The van der Waals surface area contributed by atoms with Crippen LogP contribution < -0.4 is 5.32 Å². The summed E-state index contributed by atoms with van der Waals surface area (Å²) in [7, 11) is 0. The molecule has 2 N–H and O–H groups in total. The molecule has 2 aromatic carbocycles. The number of aryl methyl sites for hydroxylation is 1. The number of hydrogen-bond acceptors (Lipinski definition) is 5. The number of carboxylic acids is 1. The topological polar surface area (TPSA) is 92.2 Å². The first-order valence-corrected chi connectivity index (χ1v) is 11.5. The van der Waals surface area contributed by atoms with Crippen LogP contribution in [-0.2, 0) is 4.79 Å². The van der Waals surface area contributed by atoms with Gasteiger partial charge in [0.05, 0.1) is 0 Å². The molecule has 0 saturated carbocycles. The number of carbonyl (C=O) groups is 2. The van der Waals surface area contributed by atoms with Crippen LogP contribution in [0.2, 0.25) is 0 Å². The maximum absolute atomic E-state index is 13.1. The Morgan fingerprint density at radius 1 is 1.06 bits per heavy atom. The average molecular weight is 456 g/mol. The van der Waals surface area contributed by atoms with Crippen molar-refractivity contribution < 1.29 is 14.7 Å². The van der Waals surface area contributed by atoms with Crippen molar-refractivity contribution in [2.24, 2.45) is 0 Å². The molecule has 33 heavy (non-hydrogen) atoms. The molecule has 0 aliphatic rings. The number of carboxylic acid groups (broad SMARTS) is 1. The molecule has 6 nitrogen and oxygen atoms in total. The predicted octanol–water partition coefficient (Wildman–Crippen LogP) is 3.91. The fourth-order valence-corrected chi connectivity index (χ4v) is 3.75. The molecule has 0 unspecified atom stereocenters. The summed E-state index contributed by atoms with van der Waals surface area (Å²) < 4.78 is 0. The van der Waals surface area contributed by atoms with Crippen molar-refractivity contribution in [2.45, 2.75) is 19.4 Å². The molecule has 1 heterocycles. The van der Waals surface area contributed by atoms with Crippen molar-refractivity contribution >= 4 is 54.7 Å². The standard InChI is InChI=1S/C25H25N3O3S.Li.H/c1-17-5-3-4-6-20(17)22-13-18(7-8-19-14-26-16-27-15-19)9-10-21(22)24(29)28-23(25(30)31)11-12-32-2;;/h3-10,13-16,23H,11-12H2,1-2H3,(H,28,29)(H,30,31);;/t23-;;/m0../s1. The van der Waals surface area contributed by atoms with Gasteiger partial charge >= 0.3 is 24.8 Å². The van der Waals surface area contributed by atoms with Gasteiger partial charge < -0.3 is 10.4 Å². The van der Waals surface area contributed by atoms with Gasteiger partial charge in [-0.25, -0.2) is 14.8 Å². The number of nitrogens with zero attached hydrogens (tertiary/aromatic N) is 2. The zero-order valence-electron chi connectivity index (χ0n) is 18.0. The molecule has 0 aliphatic heterocycles. The van der Waals surface area contributed by atoms with Crippen LogP contribution in [0.1, 0.15) is 33.5 Å². The van der Waals surface area contributed by atoms with E-state index in [1.807, 2.05) is 61.7 Å². The van der Waals surface area contributed by atoms with Crippen LogP contribution >= 0.6 is 11.8 Å². The predicted molar refractivity (Wildman–Crippen MR) is 137 cm³/mol. The number of thioether (sulfide) groups is 1. The van der Waals surface area contributed by atoms with Crippen molar-refractivity contribution in [3.8, 4) is 11.1 Å². The van der Waals surface area contributed by atoms with Crippen LogP contribution in [0, 0.1) is 6.92 Å². The first-order valence-electron chi connectivity index (χ1n) is 10.2. The first-order chi connectivity index (χ1) is 15.5. The van der Waals surface area contributed by atoms with Crippen LogP contribution in [0.4, 0.5) is 0 Å². The molecule has 1 atom stereocenters. The van der Waals surface area contributed by atoms with E-state index < -0.39 is 17.9 Å². The second-order valence-electron chi connectivity index (χ2n) is 7.27. The van der Waals surface area contributed by atoms with E-state index in [2.05, 4.69) is 15.3 Å². The molecule has 8 heteroatoms. The minimum absolute atomic E-state index is 0.